The normalized spacial score (nSPS) is 21.7. The molecule has 1 aliphatic rings. The minimum Gasteiger partial charge on any atom is -0.456 e. The minimum atomic E-state index is -1.58. The van der Waals surface area contributed by atoms with Crippen LogP contribution in [0.3, 0.4) is 0 Å². The van der Waals surface area contributed by atoms with Gasteiger partial charge in [-0.3, -0.25) is 14.4 Å². The van der Waals surface area contributed by atoms with E-state index in [2.05, 4.69) is 5.32 Å². The number of carbonyl (C=O) groups is 3. The largest absolute Gasteiger partial charge is 0.456 e. The Kier molecular flexibility index (Phi) is 11.7. The van der Waals surface area contributed by atoms with Gasteiger partial charge in [0.1, 0.15) is 17.7 Å². The fourth-order valence-electron chi connectivity index (χ4n) is 5.53. The van der Waals surface area contributed by atoms with Gasteiger partial charge in [-0.25, -0.2) is 0 Å². The van der Waals surface area contributed by atoms with Crippen LogP contribution in [0.5, 0.6) is 0 Å². The van der Waals surface area contributed by atoms with Crippen molar-refractivity contribution >= 4 is 17.8 Å². The first-order valence-corrected chi connectivity index (χ1v) is 15.1. The lowest BCUT2D eigenvalue weighted by molar-refractivity contribution is -0.270. The third-order valence-electron chi connectivity index (χ3n) is 7.48. The third kappa shape index (κ3) is 7.72. The molecule has 9 nitrogen and oxygen atoms in total. The molecular formula is C35H41NO8. The van der Waals surface area contributed by atoms with Gasteiger partial charge in [-0.2, -0.15) is 0 Å². The van der Waals surface area contributed by atoms with Crippen molar-refractivity contribution in [3.8, 4) is 0 Å². The molecule has 0 spiro atoms. The summed E-state index contributed by atoms with van der Waals surface area (Å²) < 4.78 is 24.6. The van der Waals surface area contributed by atoms with E-state index in [-0.39, 0.29) is 19.4 Å². The lowest BCUT2D eigenvalue weighted by Gasteiger charge is -2.45. The van der Waals surface area contributed by atoms with E-state index in [1.807, 2.05) is 105 Å². The van der Waals surface area contributed by atoms with E-state index >= 15 is 0 Å². The maximum Gasteiger partial charge on any atom is 0.306 e. The zero-order valence-corrected chi connectivity index (χ0v) is 25.4. The summed E-state index contributed by atoms with van der Waals surface area (Å²) in [6, 6.07) is 28.0. The number of esters is 2. The third-order valence-corrected chi connectivity index (χ3v) is 7.48. The zero-order chi connectivity index (χ0) is 31.5. The second kappa shape index (κ2) is 15.6. The monoisotopic (exact) mass is 603 g/mol. The number of hydrogen-bond donors (Lipinski definition) is 2. The van der Waals surface area contributed by atoms with E-state index in [1.54, 1.807) is 0 Å². The summed E-state index contributed by atoms with van der Waals surface area (Å²) in [7, 11) is 0. The van der Waals surface area contributed by atoms with Crippen LogP contribution < -0.4 is 5.32 Å². The highest BCUT2D eigenvalue weighted by atomic mass is 16.7. The summed E-state index contributed by atoms with van der Waals surface area (Å²) in [5, 5.41) is 13.7. The van der Waals surface area contributed by atoms with Gasteiger partial charge in [0.25, 0.3) is 0 Å². The number of benzene rings is 3. The molecule has 234 valence electrons. The van der Waals surface area contributed by atoms with Crippen LogP contribution in [0.25, 0.3) is 0 Å². The number of aliphatic hydroxyl groups is 1. The summed E-state index contributed by atoms with van der Waals surface area (Å²) >= 11 is 0. The summed E-state index contributed by atoms with van der Waals surface area (Å²) in [6.45, 7) is 4.78. The van der Waals surface area contributed by atoms with Crippen LogP contribution in [0.2, 0.25) is 0 Å². The second-order valence-corrected chi connectivity index (χ2v) is 10.8. The molecule has 0 radical (unpaired) electrons. The van der Waals surface area contributed by atoms with Crippen LogP contribution in [0.1, 0.15) is 63.1 Å². The summed E-state index contributed by atoms with van der Waals surface area (Å²) in [6.07, 6.45) is -3.77. The number of nitrogens with one attached hydrogen (secondary N) is 1. The van der Waals surface area contributed by atoms with Crippen molar-refractivity contribution in [2.24, 2.45) is 0 Å². The Hall–Kier alpha value is -4.05. The standard InChI is InChI=1S/C35H41NO8/c1-4-15-29(38)43-32-28(42-34(40)31(36-24(3)37)33(32)44-30(39)16-5-2)23-41-35(25-17-9-6-10-18-25,26-19-11-7-12-20-26)27-21-13-8-14-22-27/h6-14,17-22,28,31-34,40H,4-5,15-16,23H2,1-3H3,(H,36,37)/t28-,31+,32-,33-,34?/m1/s1. The Balaban J connectivity index is 1.79. The first-order valence-electron chi connectivity index (χ1n) is 15.1. The molecule has 3 aromatic rings. The van der Waals surface area contributed by atoms with Crippen molar-refractivity contribution in [1.82, 2.24) is 5.32 Å². The number of aliphatic hydroxyl groups excluding tert-OH is 1. The van der Waals surface area contributed by atoms with E-state index < -0.39 is 54.1 Å². The molecule has 9 heteroatoms. The molecule has 1 saturated heterocycles. The molecular weight excluding hydrogens is 562 g/mol. The van der Waals surface area contributed by atoms with Gasteiger partial charge in [-0.1, -0.05) is 105 Å². The van der Waals surface area contributed by atoms with Gasteiger partial charge in [0, 0.05) is 19.8 Å². The highest BCUT2D eigenvalue weighted by molar-refractivity contribution is 5.74. The topological polar surface area (TPSA) is 120 Å². The van der Waals surface area contributed by atoms with Crippen LogP contribution in [0.15, 0.2) is 91.0 Å². The van der Waals surface area contributed by atoms with Crippen molar-refractivity contribution in [3.05, 3.63) is 108 Å². The molecule has 0 saturated carbocycles. The van der Waals surface area contributed by atoms with Gasteiger partial charge in [0.15, 0.2) is 18.5 Å². The average molecular weight is 604 g/mol. The Morgan fingerprint density at radius 3 is 1.59 bits per heavy atom. The van der Waals surface area contributed by atoms with Gasteiger partial charge in [0.2, 0.25) is 5.91 Å². The Labute approximate surface area is 258 Å². The van der Waals surface area contributed by atoms with Crippen molar-refractivity contribution < 1.29 is 38.4 Å². The zero-order valence-electron chi connectivity index (χ0n) is 25.4. The molecule has 1 fully saturated rings. The number of hydrogen-bond acceptors (Lipinski definition) is 8. The predicted molar refractivity (Wildman–Crippen MR) is 163 cm³/mol. The molecule has 3 aromatic carbocycles. The van der Waals surface area contributed by atoms with Crippen LogP contribution >= 0.6 is 0 Å². The summed E-state index contributed by atoms with van der Waals surface area (Å²) in [5.41, 5.74) is 1.40. The van der Waals surface area contributed by atoms with Gasteiger partial charge in [-0.15, -0.1) is 0 Å². The first kappa shape index (κ1) is 32.9. The van der Waals surface area contributed by atoms with E-state index in [4.69, 9.17) is 18.9 Å². The van der Waals surface area contributed by atoms with Gasteiger partial charge < -0.3 is 29.4 Å². The average Bonchev–Trinajstić information content (AvgIpc) is 3.02. The maximum absolute atomic E-state index is 12.9. The minimum absolute atomic E-state index is 0.107. The molecule has 2 N–H and O–H groups in total. The molecule has 1 heterocycles. The summed E-state index contributed by atoms with van der Waals surface area (Å²) in [4.78, 5) is 37.7. The lowest BCUT2D eigenvalue weighted by Crippen LogP contribution is -2.66. The van der Waals surface area contributed by atoms with E-state index in [1.165, 1.54) is 6.92 Å². The summed E-state index contributed by atoms with van der Waals surface area (Å²) in [5.74, 6) is -1.55. The van der Waals surface area contributed by atoms with Crippen molar-refractivity contribution in [2.75, 3.05) is 6.61 Å². The number of rotatable bonds is 13. The van der Waals surface area contributed by atoms with Crippen molar-refractivity contribution in [2.45, 2.75) is 82.7 Å². The van der Waals surface area contributed by atoms with Crippen LogP contribution in [0.4, 0.5) is 0 Å². The number of carbonyl (C=O) groups excluding carboxylic acids is 3. The molecule has 5 atom stereocenters. The predicted octanol–water partition coefficient (Wildman–Crippen LogP) is 4.64. The van der Waals surface area contributed by atoms with Gasteiger partial charge >= 0.3 is 11.9 Å². The van der Waals surface area contributed by atoms with Gasteiger partial charge in [-0.05, 0) is 29.5 Å². The van der Waals surface area contributed by atoms with Gasteiger partial charge in [0.05, 0.1) is 6.61 Å². The van der Waals surface area contributed by atoms with Crippen LogP contribution in [0, 0.1) is 0 Å². The molecule has 0 bridgehead atoms. The lowest BCUT2D eigenvalue weighted by atomic mass is 9.80. The highest BCUT2D eigenvalue weighted by Crippen LogP contribution is 2.41. The highest BCUT2D eigenvalue weighted by Gasteiger charge is 2.51. The quantitative estimate of drug-likeness (QED) is 0.214. The van der Waals surface area contributed by atoms with Crippen molar-refractivity contribution in [3.63, 3.8) is 0 Å². The number of ether oxygens (including phenoxy) is 4. The molecule has 0 aliphatic carbocycles. The molecule has 4 rings (SSSR count). The Bertz CT molecular complexity index is 1250. The van der Waals surface area contributed by atoms with E-state index in [0.29, 0.717) is 12.8 Å². The Morgan fingerprint density at radius 2 is 1.18 bits per heavy atom. The molecule has 1 amide bonds. The molecule has 0 aromatic heterocycles. The molecule has 44 heavy (non-hydrogen) atoms. The maximum atomic E-state index is 12.9. The van der Waals surface area contributed by atoms with Crippen LogP contribution in [-0.2, 0) is 38.9 Å². The molecule has 1 unspecified atom stereocenters. The Morgan fingerprint density at radius 1 is 0.750 bits per heavy atom. The fraction of sp³-hybridized carbons (Fsp3) is 0.400. The fourth-order valence-corrected chi connectivity index (χ4v) is 5.53. The van der Waals surface area contributed by atoms with Crippen LogP contribution in [-0.4, -0.2) is 60.2 Å². The first-order chi connectivity index (χ1) is 21.3. The van der Waals surface area contributed by atoms with Crippen molar-refractivity contribution in [1.29, 1.82) is 0 Å². The SMILES string of the molecule is CCCC(=O)O[C@H]1[C@H](OC(=O)CCC)[C@@H](COC(c2ccccc2)(c2ccccc2)c2ccccc2)OC(O)[C@H]1NC(C)=O. The number of amides is 1. The second-order valence-electron chi connectivity index (χ2n) is 10.8. The van der Waals surface area contributed by atoms with E-state index in [0.717, 1.165) is 16.7 Å². The molecule has 1 aliphatic heterocycles. The smallest absolute Gasteiger partial charge is 0.306 e. The van der Waals surface area contributed by atoms with E-state index in [9.17, 15) is 19.5 Å².